The zero-order valence-electron chi connectivity index (χ0n) is 12.8. The summed E-state index contributed by atoms with van der Waals surface area (Å²) in [6.07, 6.45) is 1.11. The Morgan fingerprint density at radius 1 is 1.30 bits per heavy atom. The van der Waals surface area contributed by atoms with Crippen LogP contribution in [0.4, 0.5) is 5.69 Å². The van der Waals surface area contributed by atoms with Gasteiger partial charge in [-0.05, 0) is 77.9 Å². The van der Waals surface area contributed by atoms with Gasteiger partial charge in [-0.1, -0.05) is 6.92 Å². The molecule has 0 spiro atoms. The third-order valence-corrected chi connectivity index (χ3v) is 3.68. The summed E-state index contributed by atoms with van der Waals surface area (Å²) in [6, 6.07) is 10.6. The predicted octanol–water partition coefficient (Wildman–Crippen LogP) is 4.35. The third-order valence-electron chi connectivity index (χ3n) is 3.05. The van der Waals surface area contributed by atoms with Crippen LogP contribution in [0.2, 0.25) is 0 Å². The van der Waals surface area contributed by atoms with E-state index in [1.54, 1.807) is 12.1 Å². The molecule has 5 nitrogen and oxygen atoms in total. The Hall–Kier alpha value is -1.86. The van der Waals surface area contributed by atoms with Gasteiger partial charge in [0.05, 0.1) is 6.10 Å². The number of benzene rings is 1. The lowest BCUT2D eigenvalue weighted by Gasteiger charge is -2.13. The van der Waals surface area contributed by atoms with Crippen LogP contribution in [0.1, 0.15) is 30.8 Å². The van der Waals surface area contributed by atoms with Gasteiger partial charge in [-0.15, -0.1) is 0 Å². The maximum atomic E-state index is 11.9. The minimum atomic E-state index is -0.412. The number of thiocarbonyl (C=S) groups is 1. The molecule has 1 atom stereocenters. The fourth-order valence-corrected chi connectivity index (χ4v) is 2.21. The van der Waals surface area contributed by atoms with Crippen molar-refractivity contribution in [3.8, 4) is 5.75 Å². The second-order valence-corrected chi connectivity index (χ2v) is 6.06. The molecule has 2 rings (SSSR count). The van der Waals surface area contributed by atoms with E-state index in [1.165, 1.54) is 0 Å². The van der Waals surface area contributed by atoms with Crippen molar-refractivity contribution in [1.82, 2.24) is 5.32 Å². The second-order valence-electron chi connectivity index (χ2n) is 4.87. The number of anilines is 1. The summed E-state index contributed by atoms with van der Waals surface area (Å²) in [6.45, 7) is 4.09. The fourth-order valence-electron chi connectivity index (χ4n) is 1.70. The largest absolute Gasteiger partial charge is 0.491 e. The number of rotatable bonds is 5. The van der Waals surface area contributed by atoms with Crippen molar-refractivity contribution in [3.63, 3.8) is 0 Å². The number of amides is 1. The molecular weight excluding hydrogens is 380 g/mol. The molecule has 122 valence electrons. The van der Waals surface area contributed by atoms with E-state index in [9.17, 15) is 4.79 Å². The summed E-state index contributed by atoms with van der Waals surface area (Å²) < 4.78 is 11.3. The van der Waals surface area contributed by atoms with Gasteiger partial charge in [-0.25, -0.2) is 0 Å². The summed E-state index contributed by atoms with van der Waals surface area (Å²) in [5, 5.41) is 5.68. The third kappa shape index (κ3) is 5.37. The first kappa shape index (κ1) is 17.5. The normalized spacial score (nSPS) is 11.6. The Morgan fingerprint density at radius 2 is 2.00 bits per heavy atom. The average Bonchev–Trinajstić information content (AvgIpc) is 2.95. The Morgan fingerprint density at radius 3 is 2.57 bits per heavy atom. The number of halogens is 1. The van der Waals surface area contributed by atoms with Crippen LogP contribution < -0.4 is 15.4 Å². The molecule has 0 saturated carbocycles. The molecule has 1 heterocycles. The van der Waals surface area contributed by atoms with Crippen molar-refractivity contribution in [2.24, 2.45) is 0 Å². The van der Waals surface area contributed by atoms with Crippen molar-refractivity contribution in [1.29, 1.82) is 0 Å². The number of nitrogens with one attached hydrogen (secondary N) is 2. The number of hydrogen-bond donors (Lipinski definition) is 2. The number of carbonyl (C=O) groups excluding carboxylic acids is 1. The molecule has 0 radical (unpaired) electrons. The van der Waals surface area contributed by atoms with E-state index in [-0.39, 0.29) is 17.0 Å². The Bertz CT molecular complexity index is 685. The predicted molar refractivity (Wildman–Crippen MR) is 96.9 cm³/mol. The molecular formula is C16H17BrN2O3S. The summed E-state index contributed by atoms with van der Waals surface area (Å²) in [5.41, 5.74) is 0.757. The van der Waals surface area contributed by atoms with Crippen LogP contribution in [0.3, 0.4) is 0 Å². The van der Waals surface area contributed by atoms with Gasteiger partial charge in [0.2, 0.25) is 0 Å². The molecule has 0 saturated heterocycles. The molecule has 0 aliphatic heterocycles. The van der Waals surface area contributed by atoms with E-state index >= 15 is 0 Å². The molecule has 1 amide bonds. The second kappa shape index (κ2) is 8.12. The van der Waals surface area contributed by atoms with Crippen LogP contribution in [0.5, 0.6) is 5.75 Å². The van der Waals surface area contributed by atoms with Crippen molar-refractivity contribution in [3.05, 3.63) is 46.8 Å². The lowest BCUT2D eigenvalue weighted by Crippen LogP contribution is -2.33. The lowest BCUT2D eigenvalue weighted by atomic mass is 10.3. The van der Waals surface area contributed by atoms with Gasteiger partial charge in [0.1, 0.15) is 5.75 Å². The van der Waals surface area contributed by atoms with E-state index < -0.39 is 5.91 Å². The van der Waals surface area contributed by atoms with E-state index in [0.717, 1.165) is 17.9 Å². The maximum absolute atomic E-state index is 11.9. The number of furan rings is 1. The van der Waals surface area contributed by atoms with Gasteiger partial charge in [-0.3, -0.25) is 10.1 Å². The maximum Gasteiger partial charge on any atom is 0.293 e. The summed E-state index contributed by atoms with van der Waals surface area (Å²) in [5.74, 6) is 0.559. The van der Waals surface area contributed by atoms with Gasteiger partial charge in [0.15, 0.2) is 15.5 Å². The molecule has 1 aromatic carbocycles. The molecule has 7 heteroatoms. The van der Waals surface area contributed by atoms with Crippen LogP contribution in [-0.4, -0.2) is 17.1 Å². The monoisotopic (exact) mass is 396 g/mol. The van der Waals surface area contributed by atoms with Gasteiger partial charge in [0.25, 0.3) is 5.91 Å². The molecule has 1 unspecified atom stereocenters. The van der Waals surface area contributed by atoms with Crippen LogP contribution >= 0.6 is 28.1 Å². The molecule has 1 aromatic heterocycles. The first-order chi connectivity index (χ1) is 11.0. The van der Waals surface area contributed by atoms with Crippen LogP contribution in [0.15, 0.2) is 45.5 Å². The molecule has 0 aliphatic carbocycles. The zero-order chi connectivity index (χ0) is 16.8. The molecule has 2 N–H and O–H groups in total. The van der Waals surface area contributed by atoms with Gasteiger partial charge >= 0.3 is 0 Å². The van der Waals surface area contributed by atoms with Gasteiger partial charge in [-0.2, -0.15) is 0 Å². The highest BCUT2D eigenvalue weighted by atomic mass is 79.9. The van der Waals surface area contributed by atoms with E-state index in [0.29, 0.717) is 4.67 Å². The van der Waals surface area contributed by atoms with Crippen LogP contribution in [0, 0.1) is 0 Å². The highest BCUT2D eigenvalue weighted by Crippen LogP contribution is 2.18. The minimum Gasteiger partial charge on any atom is -0.491 e. The van der Waals surface area contributed by atoms with Crippen molar-refractivity contribution < 1.29 is 13.9 Å². The summed E-state index contributed by atoms with van der Waals surface area (Å²) in [7, 11) is 0. The van der Waals surface area contributed by atoms with Crippen molar-refractivity contribution in [2.45, 2.75) is 26.4 Å². The number of carbonyl (C=O) groups is 1. The molecule has 23 heavy (non-hydrogen) atoms. The van der Waals surface area contributed by atoms with Crippen LogP contribution in [-0.2, 0) is 0 Å². The van der Waals surface area contributed by atoms with E-state index in [4.69, 9.17) is 21.4 Å². The first-order valence-corrected chi connectivity index (χ1v) is 8.32. The number of ether oxygens (including phenoxy) is 1. The Balaban J connectivity index is 1.88. The number of hydrogen-bond acceptors (Lipinski definition) is 4. The average molecular weight is 397 g/mol. The quantitative estimate of drug-likeness (QED) is 0.735. The molecule has 2 aromatic rings. The minimum absolute atomic E-state index is 0.168. The summed E-state index contributed by atoms with van der Waals surface area (Å²) >= 11 is 8.26. The molecule has 0 fully saturated rings. The lowest BCUT2D eigenvalue weighted by molar-refractivity contribution is 0.0949. The Kier molecular flexibility index (Phi) is 6.18. The van der Waals surface area contributed by atoms with Crippen molar-refractivity contribution in [2.75, 3.05) is 5.32 Å². The topological polar surface area (TPSA) is 63.5 Å². The highest BCUT2D eigenvalue weighted by molar-refractivity contribution is 9.10. The van der Waals surface area contributed by atoms with E-state index in [2.05, 4.69) is 33.5 Å². The fraction of sp³-hybridized carbons (Fsp3) is 0.250. The summed E-state index contributed by atoms with van der Waals surface area (Å²) in [4.78, 5) is 11.9. The first-order valence-electron chi connectivity index (χ1n) is 7.12. The Labute approximate surface area is 148 Å². The smallest absolute Gasteiger partial charge is 0.293 e. The standard InChI is InChI=1S/C16H17BrN2O3S/c1-3-10(2)21-12-6-4-11(5-7-12)18-16(23)19-15(20)13-8-9-14(17)22-13/h4-10H,3H2,1-2H3,(H2,18,19,20,23). The van der Waals surface area contributed by atoms with Gasteiger partial charge in [0, 0.05) is 5.69 Å². The SMILES string of the molecule is CCC(C)Oc1ccc(NC(=S)NC(=O)c2ccc(Br)o2)cc1. The zero-order valence-corrected chi connectivity index (χ0v) is 15.2. The highest BCUT2D eigenvalue weighted by Gasteiger charge is 2.12. The van der Waals surface area contributed by atoms with Gasteiger partial charge < -0.3 is 14.5 Å². The van der Waals surface area contributed by atoms with Crippen molar-refractivity contribution >= 4 is 44.9 Å². The van der Waals surface area contributed by atoms with Crippen LogP contribution in [0.25, 0.3) is 0 Å². The van der Waals surface area contributed by atoms with E-state index in [1.807, 2.05) is 31.2 Å². The molecule has 0 bridgehead atoms. The molecule has 0 aliphatic rings.